The van der Waals surface area contributed by atoms with Gasteiger partial charge in [0.2, 0.25) is 0 Å². The van der Waals surface area contributed by atoms with Crippen molar-refractivity contribution in [1.29, 1.82) is 0 Å². The number of rotatable bonds is 6. The number of H-pyrrole nitrogens is 1. The number of amides is 1. The van der Waals surface area contributed by atoms with E-state index in [-0.39, 0.29) is 18.7 Å². The molecule has 0 aliphatic carbocycles. The van der Waals surface area contributed by atoms with E-state index in [1.54, 1.807) is 18.3 Å². The number of benzene rings is 1. The monoisotopic (exact) mass is 424 g/mol. The maximum absolute atomic E-state index is 12.3. The first kappa shape index (κ1) is 22.8. The first-order valence-corrected chi connectivity index (χ1v) is 10.3. The Morgan fingerprint density at radius 1 is 1.16 bits per heavy atom. The smallest absolute Gasteiger partial charge is 0.445 e. The second-order valence-electron chi connectivity index (χ2n) is 8.68. The van der Waals surface area contributed by atoms with E-state index in [9.17, 15) is 9.59 Å². The summed E-state index contributed by atoms with van der Waals surface area (Å²) in [6.07, 6.45) is 2.78. The molecule has 2 N–H and O–H groups in total. The summed E-state index contributed by atoms with van der Waals surface area (Å²) >= 11 is 0. The quantitative estimate of drug-likeness (QED) is 0.692. The van der Waals surface area contributed by atoms with Crippen molar-refractivity contribution < 1.29 is 18.8 Å². The predicted molar refractivity (Wildman–Crippen MR) is 120 cm³/mol. The lowest BCUT2D eigenvalue weighted by Gasteiger charge is -2.32. The summed E-state index contributed by atoms with van der Waals surface area (Å²) < 4.78 is 17.6. The molecule has 0 saturated carbocycles. The molecule has 31 heavy (non-hydrogen) atoms. The van der Waals surface area contributed by atoms with Crippen LogP contribution in [0.15, 0.2) is 52.9 Å². The molecular weight excluding hydrogens is 395 g/mol. The van der Waals surface area contributed by atoms with Crippen LogP contribution in [0, 0.1) is 6.92 Å². The largest absolute Gasteiger partial charge is 0.492 e. The van der Waals surface area contributed by atoms with Crippen molar-refractivity contribution in [3.05, 3.63) is 75.1 Å². The zero-order valence-electron chi connectivity index (χ0n) is 18.7. The summed E-state index contributed by atoms with van der Waals surface area (Å²) in [5, 5.41) is 2.74. The van der Waals surface area contributed by atoms with Gasteiger partial charge in [0.25, 0.3) is 5.56 Å². The van der Waals surface area contributed by atoms with E-state index >= 15 is 0 Å². The van der Waals surface area contributed by atoms with Crippen LogP contribution in [0.2, 0.25) is 0 Å². The van der Waals surface area contributed by atoms with Gasteiger partial charge in [0.15, 0.2) is 0 Å². The molecule has 2 heterocycles. The van der Waals surface area contributed by atoms with Gasteiger partial charge in [-0.2, -0.15) is 0 Å². The van der Waals surface area contributed by atoms with Crippen molar-refractivity contribution in [3.63, 3.8) is 0 Å². The Labute approximate surface area is 182 Å². The molecule has 7 nitrogen and oxygen atoms in total. The highest BCUT2D eigenvalue weighted by Gasteiger charge is 2.52. The number of aromatic nitrogens is 1. The standard InChI is InChI=1S/C23H29BN2O5/c1-16-11-18(20(27)25-13-16)12-19(24-30-22(2,3)23(4,5)31-24)14-26-21(28)29-15-17-9-7-6-8-10-17/h6-13H,14-15H2,1-5H3,(H,25,27)(H,26,28). The first-order valence-electron chi connectivity index (χ1n) is 10.3. The molecule has 1 aromatic carbocycles. The SMILES string of the molecule is Cc1c[nH]c(=O)c(C=C(CNC(=O)OCc2ccccc2)B2OC(C)(C)C(C)(C)O2)c1. The highest BCUT2D eigenvalue weighted by molar-refractivity contribution is 6.56. The van der Waals surface area contributed by atoms with Crippen LogP contribution < -0.4 is 10.9 Å². The third-order valence-electron chi connectivity index (χ3n) is 5.62. The van der Waals surface area contributed by atoms with Gasteiger partial charge in [-0.15, -0.1) is 0 Å². The van der Waals surface area contributed by atoms with Gasteiger partial charge in [-0.05, 0) is 57.3 Å². The third-order valence-corrected chi connectivity index (χ3v) is 5.62. The first-order chi connectivity index (χ1) is 14.6. The Hall–Kier alpha value is -2.84. The topological polar surface area (TPSA) is 89.7 Å². The van der Waals surface area contributed by atoms with Crippen molar-refractivity contribution in [2.75, 3.05) is 6.54 Å². The number of aromatic amines is 1. The minimum atomic E-state index is -0.709. The zero-order valence-corrected chi connectivity index (χ0v) is 18.7. The van der Waals surface area contributed by atoms with Crippen molar-refractivity contribution >= 4 is 19.3 Å². The molecule has 8 heteroatoms. The van der Waals surface area contributed by atoms with Gasteiger partial charge in [-0.1, -0.05) is 36.4 Å². The summed E-state index contributed by atoms with van der Waals surface area (Å²) in [5.74, 6) is 0. The second-order valence-corrected chi connectivity index (χ2v) is 8.68. The molecule has 1 saturated heterocycles. The van der Waals surface area contributed by atoms with Crippen LogP contribution in [0.1, 0.15) is 44.4 Å². The molecule has 0 radical (unpaired) electrons. The van der Waals surface area contributed by atoms with Gasteiger partial charge in [0.1, 0.15) is 6.61 Å². The minimum Gasteiger partial charge on any atom is -0.445 e. The molecule has 1 amide bonds. The molecule has 1 aromatic heterocycles. The number of hydrogen-bond acceptors (Lipinski definition) is 5. The Bertz CT molecular complexity index is 998. The number of nitrogens with one attached hydrogen (secondary N) is 2. The molecule has 164 valence electrons. The van der Waals surface area contributed by atoms with E-state index < -0.39 is 24.4 Å². The molecule has 2 aromatic rings. The average molecular weight is 424 g/mol. The van der Waals surface area contributed by atoms with Gasteiger partial charge >= 0.3 is 13.2 Å². The van der Waals surface area contributed by atoms with E-state index in [4.69, 9.17) is 14.0 Å². The van der Waals surface area contributed by atoms with Crippen molar-refractivity contribution in [3.8, 4) is 0 Å². The highest BCUT2D eigenvalue weighted by Crippen LogP contribution is 2.38. The zero-order chi connectivity index (χ0) is 22.6. The summed E-state index contributed by atoms with van der Waals surface area (Å²) in [7, 11) is -0.709. The molecule has 3 rings (SSSR count). The summed E-state index contributed by atoms with van der Waals surface area (Å²) in [6, 6.07) is 11.2. The Morgan fingerprint density at radius 2 is 1.81 bits per heavy atom. The summed E-state index contributed by atoms with van der Waals surface area (Å²) in [6.45, 7) is 9.97. The predicted octanol–water partition coefficient (Wildman–Crippen LogP) is 3.62. The van der Waals surface area contributed by atoms with Crippen molar-refractivity contribution in [2.45, 2.75) is 52.4 Å². The average Bonchev–Trinajstić information content (AvgIpc) is 2.94. The fraction of sp³-hybridized carbons (Fsp3) is 0.391. The van der Waals surface area contributed by atoms with Gasteiger partial charge in [0, 0.05) is 18.3 Å². The van der Waals surface area contributed by atoms with E-state index in [0.717, 1.165) is 11.1 Å². The van der Waals surface area contributed by atoms with Crippen LogP contribution in [0.4, 0.5) is 4.79 Å². The Balaban J connectivity index is 1.76. The van der Waals surface area contributed by atoms with Crippen LogP contribution in [-0.4, -0.2) is 35.9 Å². The normalized spacial score (nSPS) is 17.5. The maximum atomic E-state index is 12.3. The van der Waals surface area contributed by atoms with Crippen molar-refractivity contribution in [2.24, 2.45) is 0 Å². The van der Waals surface area contributed by atoms with E-state index in [1.807, 2.05) is 65.0 Å². The molecule has 1 aliphatic heterocycles. The van der Waals surface area contributed by atoms with Crippen LogP contribution in [-0.2, 0) is 20.7 Å². The lowest BCUT2D eigenvalue weighted by Crippen LogP contribution is -2.41. The van der Waals surface area contributed by atoms with Crippen LogP contribution >= 0.6 is 0 Å². The fourth-order valence-corrected chi connectivity index (χ4v) is 3.07. The molecular formula is C23H29BN2O5. The molecule has 0 atom stereocenters. The highest BCUT2D eigenvalue weighted by atomic mass is 16.7. The van der Waals surface area contributed by atoms with Crippen LogP contribution in [0.3, 0.4) is 0 Å². The third kappa shape index (κ3) is 5.65. The van der Waals surface area contributed by atoms with Gasteiger partial charge < -0.3 is 24.3 Å². The molecule has 0 unspecified atom stereocenters. The number of alkyl carbamates (subject to hydrolysis) is 1. The van der Waals surface area contributed by atoms with Gasteiger partial charge in [0.05, 0.1) is 11.2 Å². The molecule has 0 spiro atoms. The minimum absolute atomic E-state index is 0.109. The van der Waals surface area contributed by atoms with Crippen LogP contribution in [0.25, 0.3) is 6.08 Å². The molecule has 0 bridgehead atoms. The molecule has 1 fully saturated rings. The summed E-state index contributed by atoms with van der Waals surface area (Å²) in [4.78, 5) is 27.2. The van der Waals surface area contributed by atoms with Crippen molar-refractivity contribution in [1.82, 2.24) is 10.3 Å². The number of aryl methyl sites for hydroxylation is 1. The van der Waals surface area contributed by atoms with E-state index in [1.165, 1.54) is 0 Å². The van der Waals surface area contributed by atoms with Crippen LogP contribution in [0.5, 0.6) is 0 Å². The number of hydrogen-bond donors (Lipinski definition) is 2. The second kappa shape index (κ2) is 9.12. The number of pyridine rings is 1. The molecule has 1 aliphatic rings. The van der Waals surface area contributed by atoms with E-state index in [2.05, 4.69) is 10.3 Å². The number of ether oxygens (including phenoxy) is 1. The number of carbonyl (C=O) groups is 1. The lowest BCUT2D eigenvalue weighted by atomic mass is 9.77. The lowest BCUT2D eigenvalue weighted by molar-refractivity contribution is 0.00578. The Morgan fingerprint density at radius 3 is 2.45 bits per heavy atom. The van der Waals surface area contributed by atoms with Gasteiger partial charge in [-0.25, -0.2) is 4.79 Å². The van der Waals surface area contributed by atoms with E-state index in [0.29, 0.717) is 11.0 Å². The Kier molecular flexibility index (Phi) is 6.72. The van der Waals surface area contributed by atoms with Gasteiger partial charge in [-0.3, -0.25) is 4.79 Å². The number of carbonyl (C=O) groups excluding carboxylic acids is 1. The maximum Gasteiger partial charge on any atom is 0.492 e. The summed E-state index contributed by atoms with van der Waals surface area (Å²) in [5.41, 5.74) is 1.55. The fourth-order valence-electron chi connectivity index (χ4n) is 3.07.